The zero-order valence-electron chi connectivity index (χ0n) is 15.4. The summed E-state index contributed by atoms with van der Waals surface area (Å²) in [5.41, 5.74) is 1.10. The third kappa shape index (κ3) is 4.41. The number of carbonyl (C=O) groups is 2. The van der Waals surface area contributed by atoms with E-state index >= 15 is 0 Å². The first-order valence-corrected chi connectivity index (χ1v) is 9.15. The number of nitrogens with one attached hydrogen (secondary N) is 1. The molecule has 0 radical (unpaired) electrons. The van der Waals surface area contributed by atoms with Crippen molar-refractivity contribution in [2.24, 2.45) is 5.92 Å². The molecule has 1 aliphatic rings. The van der Waals surface area contributed by atoms with E-state index in [1.54, 1.807) is 0 Å². The molecule has 0 bridgehead atoms. The van der Waals surface area contributed by atoms with Gasteiger partial charge in [-0.15, -0.1) is 0 Å². The van der Waals surface area contributed by atoms with Crippen LogP contribution >= 0.6 is 0 Å². The quantitative estimate of drug-likeness (QED) is 0.839. The first-order valence-electron chi connectivity index (χ1n) is 9.15. The summed E-state index contributed by atoms with van der Waals surface area (Å²) in [4.78, 5) is 26.1. The zero-order chi connectivity index (χ0) is 18.5. The molecule has 5 heteroatoms. The fourth-order valence-electron chi connectivity index (χ4n) is 3.54. The number of methoxy groups -OCH3 is 1. The van der Waals surface area contributed by atoms with E-state index in [1.165, 1.54) is 17.9 Å². The Morgan fingerprint density at radius 2 is 1.85 bits per heavy atom. The summed E-state index contributed by atoms with van der Waals surface area (Å²) in [5.74, 6) is -0.156. The lowest BCUT2D eigenvalue weighted by Crippen LogP contribution is -2.43. The van der Waals surface area contributed by atoms with Gasteiger partial charge in [-0.3, -0.25) is 14.5 Å². The fraction of sp³-hybridized carbons (Fsp3) is 0.429. The van der Waals surface area contributed by atoms with Gasteiger partial charge in [0.15, 0.2) is 0 Å². The highest BCUT2D eigenvalue weighted by Gasteiger charge is 2.26. The van der Waals surface area contributed by atoms with Gasteiger partial charge in [-0.1, -0.05) is 36.4 Å². The van der Waals surface area contributed by atoms with E-state index in [4.69, 9.17) is 4.74 Å². The maximum Gasteiger partial charge on any atom is 0.308 e. The van der Waals surface area contributed by atoms with Crippen molar-refractivity contribution < 1.29 is 14.3 Å². The van der Waals surface area contributed by atoms with Crippen molar-refractivity contribution in [3.8, 4) is 0 Å². The van der Waals surface area contributed by atoms with E-state index in [2.05, 4.69) is 40.5 Å². The number of hydrogen-bond donors (Lipinski definition) is 1. The molecule has 138 valence electrons. The van der Waals surface area contributed by atoms with E-state index in [9.17, 15) is 9.59 Å². The van der Waals surface area contributed by atoms with Crippen LogP contribution in [0.2, 0.25) is 0 Å². The third-order valence-corrected chi connectivity index (χ3v) is 5.14. The Balaban J connectivity index is 1.52. The van der Waals surface area contributed by atoms with Crippen molar-refractivity contribution in [3.05, 3.63) is 48.0 Å². The highest BCUT2D eigenvalue weighted by molar-refractivity contribution is 5.83. The van der Waals surface area contributed by atoms with Crippen LogP contribution in [0.25, 0.3) is 10.8 Å². The van der Waals surface area contributed by atoms with Crippen LogP contribution in [0.5, 0.6) is 0 Å². The lowest BCUT2D eigenvalue weighted by molar-refractivity contribution is -0.147. The van der Waals surface area contributed by atoms with E-state index in [0.717, 1.165) is 31.5 Å². The Hall–Kier alpha value is -2.40. The molecule has 0 saturated carbocycles. The largest absolute Gasteiger partial charge is 0.469 e. The molecule has 1 heterocycles. The average Bonchev–Trinajstić information content (AvgIpc) is 2.67. The Bertz CT molecular complexity index is 782. The molecule has 0 aliphatic carbocycles. The van der Waals surface area contributed by atoms with Crippen molar-refractivity contribution in [1.29, 1.82) is 0 Å². The maximum absolute atomic E-state index is 12.4. The minimum atomic E-state index is -0.140. The molecular formula is C21H26N2O3. The molecule has 0 spiro atoms. The highest BCUT2D eigenvalue weighted by atomic mass is 16.5. The number of piperidine rings is 1. The molecule has 1 fully saturated rings. The van der Waals surface area contributed by atoms with Crippen molar-refractivity contribution >= 4 is 22.6 Å². The van der Waals surface area contributed by atoms with E-state index in [1.807, 2.05) is 19.1 Å². The van der Waals surface area contributed by atoms with Gasteiger partial charge in [0.2, 0.25) is 5.91 Å². The number of esters is 1. The SMILES string of the molecule is COC(=O)C1CCN(CC(=O)N[C@H](C)c2ccc3ccccc3c2)CC1. The Morgan fingerprint density at radius 3 is 2.54 bits per heavy atom. The van der Waals surface area contributed by atoms with Crippen LogP contribution in [-0.2, 0) is 14.3 Å². The van der Waals surface area contributed by atoms with Crippen LogP contribution in [0.1, 0.15) is 31.4 Å². The molecule has 1 atom stereocenters. The lowest BCUT2D eigenvalue weighted by atomic mass is 9.97. The topological polar surface area (TPSA) is 58.6 Å². The number of likely N-dealkylation sites (tertiary alicyclic amines) is 1. The zero-order valence-corrected chi connectivity index (χ0v) is 15.4. The van der Waals surface area contributed by atoms with Gasteiger partial charge in [0, 0.05) is 0 Å². The van der Waals surface area contributed by atoms with Gasteiger partial charge in [0.25, 0.3) is 0 Å². The molecular weight excluding hydrogens is 328 g/mol. The van der Waals surface area contributed by atoms with E-state index in [-0.39, 0.29) is 23.8 Å². The van der Waals surface area contributed by atoms with Crippen molar-refractivity contribution in [2.45, 2.75) is 25.8 Å². The van der Waals surface area contributed by atoms with Gasteiger partial charge in [-0.2, -0.15) is 0 Å². The predicted octanol–water partition coefficient (Wildman–Crippen LogP) is 2.90. The van der Waals surface area contributed by atoms with Crippen LogP contribution in [0.3, 0.4) is 0 Å². The third-order valence-electron chi connectivity index (χ3n) is 5.14. The molecule has 1 saturated heterocycles. The van der Waals surface area contributed by atoms with Gasteiger partial charge in [0.05, 0.1) is 25.6 Å². The standard InChI is InChI=1S/C21H26N2O3/c1-15(18-8-7-16-5-3-4-6-19(16)13-18)22-20(24)14-23-11-9-17(10-12-23)21(25)26-2/h3-8,13,15,17H,9-12,14H2,1-2H3,(H,22,24)/t15-/m1/s1. The minimum absolute atomic E-state index is 0.0159. The summed E-state index contributed by atoms with van der Waals surface area (Å²) in [7, 11) is 1.43. The molecule has 0 unspecified atom stereocenters. The van der Waals surface area contributed by atoms with Crippen LogP contribution in [0, 0.1) is 5.92 Å². The van der Waals surface area contributed by atoms with Gasteiger partial charge < -0.3 is 10.1 Å². The number of rotatable bonds is 5. The van der Waals surface area contributed by atoms with Crippen molar-refractivity contribution in [3.63, 3.8) is 0 Å². The van der Waals surface area contributed by atoms with Crippen LogP contribution in [0.15, 0.2) is 42.5 Å². The molecule has 3 rings (SSSR count). The van der Waals surface area contributed by atoms with Gasteiger partial charge in [-0.05, 0) is 55.3 Å². The first-order chi connectivity index (χ1) is 12.6. The predicted molar refractivity (Wildman–Crippen MR) is 102 cm³/mol. The molecule has 1 amide bonds. The Morgan fingerprint density at radius 1 is 1.15 bits per heavy atom. The highest BCUT2D eigenvalue weighted by Crippen LogP contribution is 2.21. The number of amides is 1. The Labute approximate surface area is 154 Å². The molecule has 1 N–H and O–H groups in total. The maximum atomic E-state index is 12.4. The fourth-order valence-corrected chi connectivity index (χ4v) is 3.54. The number of hydrogen-bond acceptors (Lipinski definition) is 4. The van der Waals surface area contributed by atoms with Crippen LogP contribution < -0.4 is 5.32 Å². The van der Waals surface area contributed by atoms with Gasteiger partial charge >= 0.3 is 5.97 Å². The van der Waals surface area contributed by atoms with E-state index < -0.39 is 0 Å². The number of fused-ring (bicyclic) bond motifs is 1. The summed E-state index contributed by atoms with van der Waals surface area (Å²) in [6, 6.07) is 14.4. The summed E-state index contributed by atoms with van der Waals surface area (Å²) in [5, 5.41) is 5.46. The summed E-state index contributed by atoms with van der Waals surface area (Å²) < 4.78 is 4.80. The summed E-state index contributed by atoms with van der Waals surface area (Å²) >= 11 is 0. The van der Waals surface area contributed by atoms with Gasteiger partial charge in [-0.25, -0.2) is 0 Å². The molecule has 2 aromatic rings. The smallest absolute Gasteiger partial charge is 0.308 e. The van der Waals surface area contributed by atoms with Crippen LogP contribution in [-0.4, -0.2) is 43.5 Å². The normalized spacial score (nSPS) is 17.0. The van der Waals surface area contributed by atoms with Crippen molar-refractivity contribution in [2.75, 3.05) is 26.7 Å². The number of carbonyl (C=O) groups excluding carboxylic acids is 2. The van der Waals surface area contributed by atoms with Gasteiger partial charge in [0.1, 0.15) is 0 Å². The summed E-state index contributed by atoms with van der Waals surface area (Å²) in [6.07, 6.45) is 1.50. The summed E-state index contributed by atoms with van der Waals surface area (Å²) in [6.45, 7) is 3.87. The number of benzene rings is 2. The second-order valence-corrected chi connectivity index (χ2v) is 6.97. The van der Waals surface area contributed by atoms with Crippen LogP contribution in [0.4, 0.5) is 0 Å². The Kier molecular flexibility index (Phi) is 5.89. The van der Waals surface area contributed by atoms with Crippen molar-refractivity contribution in [1.82, 2.24) is 10.2 Å². The first kappa shape index (κ1) is 18.4. The number of ether oxygens (including phenoxy) is 1. The molecule has 0 aromatic heterocycles. The molecule has 1 aliphatic heterocycles. The second kappa shape index (κ2) is 8.32. The second-order valence-electron chi connectivity index (χ2n) is 6.97. The number of nitrogens with zero attached hydrogens (tertiary/aromatic N) is 1. The molecule has 2 aromatic carbocycles. The van der Waals surface area contributed by atoms with E-state index in [0.29, 0.717) is 6.54 Å². The molecule has 26 heavy (non-hydrogen) atoms. The minimum Gasteiger partial charge on any atom is -0.469 e. The average molecular weight is 354 g/mol. The molecule has 5 nitrogen and oxygen atoms in total. The monoisotopic (exact) mass is 354 g/mol. The lowest BCUT2D eigenvalue weighted by Gasteiger charge is -2.30.